The van der Waals surface area contributed by atoms with Gasteiger partial charge in [-0.25, -0.2) is 4.98 Å². The summed E-state index contributed by atoms with van der Waals surface area (Å²) in [6.45, 7) is 4.12. The zero-order chi connectivity index (χ0) is 12.1. The number of nitrogens with one attached hydrogen (secondary N) is 1. The first kappa shape index (κ1) is 11.6. The first-order valence-electron chi connectivity index (χ1n) is 5.84. The second-order valence-electron chi connectivity index (χ2n) is 4.23. The van der Waals surface area contributed by atoms with Crippen molar-refractivity contribution in [2.45, 2.75) is 26.3 Å². The third kappa shape index (κ3) is 3.28. The van der Waals surface area contributed by atoms with Crippen molar-refractivity contribution in [1.82, 2.24) is 9.97 Å². The Kier molecular flexibility index (Phi) is 3.70. The van der Waals surface area contributed by atoms with Crippen LogP contribution in [-0.2, 0) is 6.42 Å². The van der Waals surface area contributed by atoms with Crippen LogP contribution in [0.4, 0.5) is 5.82 Å². The van der Waals surface area contributed by atoms with Gasteiger partial charge in [0, 0.05) is 18.4 Å². The molecule has 0 bridgehead atoms. The maximum atomic E-state index is 4.29. The Morgan fingerprint density at radius 2 is 1.82 bits per heavy atom. The smallest absolute Gasteiger partial charge is 0.147 e. The van der Waals surface area contributed by atoms with Gasteiger partial charge in [0.05, 0.1) is 5.69 Å². The van der Waals surface area contributed by atoms with E-state index in [0.717, 1.165) is 17.9 Å². The summed E-state index contributed by atoms with van der Waals surface area (Å²) in [4.78, 5) is 8.50. The lowest BCUT2D eigenvalue weighted by molar-refractivity contribution is 0.780. The number of nitrogens with zero attached hydrogens (tertiary/aromatic N) is 2. The molecule has 1 aromatic heterocycles. The fraction of sp³-hybridized carbons (Fsp3) is 0.286. The molecule has 0 aliphatic rings. The average molecular weight is 227 g/mol. The highest BCUT2D eigenvalue weighted by atomic mass is 15.0. The quantitative estimate of drug-likeness (QED) is 0.872. The second-order valence-corrected chi connectivity index (χ2v) is 4.23. The maximum absolute atomic E-state index is 4.29. The van der Waals surface area contributed by atoms with Crippen LogP contribution >= 0.6 is 0 Å². The van der Waals surface area contributed by atoms with Crippen LogP contribution in [-0.4, -0.2) is 16.0 Å². The van der Waals surface area contributed by atoms with Gasteiger partial charge in [0.2, 0.25) is 0 Å². The highest BCUT2D eigenvalue weighted by molar-refractivity contribution is 5.39. The van der Waals surface area contributed by atoms with Gasteiger partial charge in [0.1, 0.15) is 5.82 Å². The first-order valence-corrected chi connectivity index (χ1v) is 5.84. The Hall–Kier alpha value is -1.90. The van der Waals surface area contributed by atoms with Crippen LogP contribution < -0.4 is 5.32 Å². The summed E-state index contributed by atoms with van der Waals surface area (Å²) in [5, 5.41) is 3.39. The molecule has 0 fully saturated rings. The van der Waals surface area contributed by atoms with E-state index in [-0.39, 0.29) is 0 Å². The summed E-state index contributed by atoms with van der Waals surface area (Å²) in [7, 11) is 0. The van der Waals surface area contributed by atoms with Crippen molar-refractivity contribution in [2.75, 3.05) is 5.32 Å². The minimum Gasteiger partial charge on any atom is -0.366 e. The van der Waals surface area contributed by atoms with Crippen molar-refractivity contribution < 1.29 is 0 Å². The highest BCUT2D eigenvalue weighted by Gasteiger charge is 2.06. The molecule has 17 heavy (non-hydrogen) atoms. The lowest BCUT2D eigenvalue weighted by Gasteiger charge is -2.15. The van der Waals surface area contributed by atoms with E-state index in [2.05, 4.69) is 46.5 Å². The molecule has 0 radical (unpaired) electrons. The van der Waals surface area contributed by atoms with E-state index < -0.39 is 0 Å². The molecule has 0 aliphatic carbocycles. The minimum atomic E-state index is 0.341. The fourth-order valence-corrected chi connectivity index (χ4v) is 1.80. The number of benzene rings is 1. The fourth-order valence-electron chi connectivity index (χ4n) is 1.80. The molecule has 88 valence electrons. The lowest BCUT2D eigenvalue weighted by Crippen LogP contribution is -2.19. The zero-order valence-electron chi connectivity index (χ0n) is 10.2. The van der Waals surface area contributed by atoms with E-state index in [1.807, 2.05) is 13.0 Å². The number of hydrogen-bond donors (Lipinski definition) is 1. The Morgan fingerprint density at radius 3 is 2.53 bits per heavy atom. The molecular weight excluding hydrogens is 210 g/mol. The number of aromatic nitrogens is 2. The molecule has 1 unspecified atom stereocenters. The van der Waals surface area contributed by atoms with Crippen molar-refractivity contribution in [3.8, 4) is 0 Å². The molecule has 1 aromatic carbocycles. The largest absolute Gasteiger partial charge is 0.366 e. The summed E-state index contributed by atoms with van der Waals surface area (Å²) in [5.74, 6) is 0.871. The van der Waals surface area contributed by atoms with Gasteiger partial charge in [-0.3, -0.25) is 4.98 Å². The van der Waals surface area contributed by atoms with Crippen LogP contribution in [0.1, 0.15) is 18.2 Å². The molecule has 3 heteroatoms. The van der Waals surface area contributed by atoms with E-state index >= 15 is 0 Å². The molecular formula is C14H17N3. The average Bonchev–Trinajstić information content (AvgIpc) is 2.33. The van der Waals surface area contributed by atoms with Crippen molar-refractivity contribution in [1.29, 1.82) is 0 Å². The van der Waals surface area contributed by atoms with Gasteiger partial charge in [-0.2, -0.15) is 0 Å². The first-order chi connectivity index (χ1) is 8.25. The van der Waals surface area contributed by atoms with Crippen LogP contribution in [0.15, 0.2) is 42.7 Å². The second kappa shape index (κ2) is 5.43. The molecule has 1 heterocycles. The highest BCUT2D eigenvalue weighted by Crippen LogP contribution is 2.10. The molecule has 1 N–H and O–H groups in total. The molecule has 3 nitrogen and oxygen atoms in total. The van der Waals surface area contributed by atoms with Crippen LogP contribution in [0.5, 0.6) is 0 Å². The Balaban J connectivity index is 1.98. The number of anilines is 1. The molecule has 0 saturated carbocycles. The number of rotatable bonds is 4. The van der Waals surface area contributed by atoms with E-state index in [9.17, 15) is 0 Å². The van der Waals surface area contributed by atoms with E-state index in [0.29, 0.717) is 6.04 Å². The predicted octanol–water partition coefficient (Wildman–Crippen LogP) is 2.83. The standard InChI is InChI=1S/C14H17N3/c1-11(10-13-6-4-3-5-7-13)17-14-12(2)15-8-9-16-14/h3-9,11H,10H2,1-2H3,(H,16,17). The third-order valence-corrected chi connectivity index (χ3v) is 2.65. The Labute approximate surface area is 102 Å². The van der Waals surface area contributed by atoms with Crippen molar-refractivity contribution in [3.05, 3.63) is 54.0 Å². The van der Waals surface area contributed by atoms with Crippen molar-refractivity contribution in [3.63, 3.8) is 0 Å². The lowest BCUT2D eigenvalue weighted by atomic mass is 10.1. The van der Waals surface area contributed by atoms with Gasteiger partial charge >= 0.3 is 0 Å². The van der Waals surface area contributed by atoms with Gasteiger partial charge in [-0.05, 0) is 25.8 Å². The molecule has 0 amide bonds. The number of hydrogen-bond acceptors (Lipinski definition) is 3. The maximum Gasteiger partial charge on any atom is 0.147 e. The summed E-state index contributed by atoms with van der Waals surface area (Å²) < 4.78 is 0. The normalized spacial score (nSPS) is 12.1. The molecule has 0 aliphatic heterocycles. The molecule has 0 saturated heterocycles. The van der Waals surface area contributed by atoms with Crippen molar-refractivity contribution in [2.24, 2.45) is 0 Å². The SMILES string of the molecule is Cc1nccnc1NC(C)Cc1ccccc1. The van der Waals surface area contributed by atoms with Gasteiger partial charge in [0.25, 0.3) is 0 Å². The van der Waals surface area contributed by atoms with Crippen LogP contribution in [0.25, 0.3) is 0 Å². The van der Waals surface area contributed by atoms with Crippen LogP contribution in [0, 0.1) is 6.92 Å². The third-order valence-electron chi connectivity index (χ3n) is 2.65. The van der Waals surface area contributed by atoms with Crippen LogP contribution in [0.3, 0.4) is 0 Å². The van der Waals surface area contributed by atoms with Gasteiger partial charge in [0.15, 0.2) is 0 Å². The van der Waals surface area contributed by atoms with Gasteiger partial charge in [-0.15, -0.1) is 0 Å². The van der Waals surface area contributed by atoms with E-state index in [1.54, 1.807) is 12.4 Å². The molecule has 1 atom stereocenters. The summed E-state index contributed by atoms with van der Waals surface area (Å²) in [6.07, 6.45) is 4.41. The monoisotopic (exact) mass is 227 g/mol. The Bertz CT molecular complexity index is 468. The Morgan fingerprint density at radius 1 is 1.12 bits per heavy atom. The number of aryl methyl sites for hydroxylation is 1. The van der Waals surface area contributed by atoms with Gasteiger partial charge < -0.3 is 5.32 Å². The summed E-state index contributed by atoms with van der Waals surface area (Å²) in [6, 6.07) is 10.8. The van der Waals surface area contributed by atoms with Crippen molar-refractivity contribution >= 4 is 5.82 Å². The summed E-state index contributed by atoms with van der Waals surface area (Å²) >= 11 is 0. The topological polar surface area (TPSA) is 37.8 Å². The summed E-state index contributed by atoms with van der Waals surface area (Å²) in [5.41, 5.74) is 2.27. The molecule has 2 rings (SSSR count). The molecule has 0 spiro atoms. The van der Waals surface area contributed by atoms with Crippen LogP contribution in [0.2, 0.25) is 0 Å². The molecule has 2 aromatic rings. The van der Waals surface area contributed by atoms with Gasteiger partial charge in [-0.1, -0.05) is 30.3 Å². The van der Waals surface area contributed by atoms with E-state index in [4.69, 9.17) is 0 Å². The zero-order valence-corrected chi connectivity index (χ0v) is 10.2. The predicted molar refractivity (Wildman–Crippen MR) is 70.0 cm³/mol. The minimum absolute atomic E-state index is 0.341. The van der Waals surface area contributed by atoms with E-state index in [1.165, 1.54) is 5.56 Å².